The molecule has 1 aliphatic carbocycles. The second-order valence-electron chi connectivity index (χ2n) is 7.44. The standard InChI is InChI=1S/C22H35N3.C2H7N/c1-4-25(22-14-8-5-10-19(22)3)17-16-24-15-9-11-18(2)20-12-6-7-13-21(20)23;1-2-3/h5,8,10,14,24H,2,4,6-7,9,11-13,15-17,23H2,1,3H3;2-3H2,1H3. The van der Waals surface area contributed by atoms with Gasteiger partial charge >= 0.3 is 0 Å². The van der Waals surface area contributed by atoms with Crippen LogP contribution in [0.25, 0.3) is 0 Å². The van der Waals surface area contributed by atoms with Crippen molar-refractivity contribution >= 4 is 5.69 Å². The molecule has 4 heteroatoms. The van der Waals surface area contributed by atoms with Crippen LogP contribution in [0.3, 0.4) is 0 Å². The fourth-order valence-corrected chi connectivity index (χ4v) is 3.62. The summed E-state index contributed by atoms with van der Waals surface area (Å²) in [6, 6.07) is 8.62. The van der Waals surface area contributed by atoms with Crippen molar-refractivity contribution in [2.45, 2.75) is 59.3 Å². The van der Waals surface area contributed by atoms with Crippen molar-refractivity contribution in [2.24, 2.45) is 11.5 Å². The van der Waals surface area contributed by atoms with E-state index in [2.05, 4.69) is 54.9 Å². The monoisotopic (exact) mass is 386 g/mol. The molecule has 1 aromatic carbocycles. The number of allylic oxidation sites excluding steroid dienone is 3. The third-order valence-corrected chi connectivity index (χ3v) is 5.17. The fourth-order valence-electron chi connectivity index (χ4n) is 3.62. The molecule has 5 N–H and O–H groups in total. The van der Waals surface area contributed by atoms with Gasteiger partial charge in [-0.3, -0.25) is 0 Å². The van der Waals surface area contributed by atoms with Crippen LogP contribution in [0.1, 0.15) is 57.9 Å². The topological polar surface area (TPSA) is 67.3 Å². The predicted molar refractivity (Wildman–Crippen MR) is 125 cm³/mol. The maximum Gasteiger partial charge on any atom is 0.0396 e. The fraction of sp³-hybridized carbons (Fsp3) is 0.583. The first-order valence-corrected chi connectivity index (χ1v) is 10.9. The van der Waals surface area contributed by atoms with Crippen LogP contribution >= 0.6 is 0 Å². The molecule has 0 aliphatic heterocycles. The molecule has 2 rings (SSSR count). The average Bonchev–Trinajstić information content (AvgIpc) is 2.69. The third-order valence-electron chi connectivity index (χ3n) is 5.17. The molecule has 0 bridgehead atoms. The van der Waals surface area contributed by atoms with Crippen LogP contribution in [0.15, 0.2) is 47.7 Å². The van der Waals surface area contributed by atoms with Crippen LogP contribution in [0.4, 0.5) is 5.69 Å². The lowest BCUT2D eigenvalue weighted by Crippen LogP contribution is -2.32. The predicted octanol–water partition coefficient (Wildman–Crippen LogP) is 4.50. The summed E-state index contributed by atoms with van der Waals surface area (Å²) in [5.41, 5.74) is 17.4. The number of likely N-dealkylation sites (N-methyl/N-ethyl adjacent to an activating group) is 1. The highest BCUT2D eigenvalue weighted by Crippen LogP contribution is 2.28. The minimum absolute atomic E-state index is 0.750. The molecule has 4 nitrogen and oxygen atoms in total. The second kappa shape index (κ2) is 14.3. The highest BCUT2D eigenvalue weighted by atomic mass is 15.1. The van der Waals surface area contributed by atoms with Gasteiger partial charge in [-0.2, -0.15) is 0 Å². The zero-order valence-corrected chi connectivity index (χ0v) is 18.4. The van der Waals surface area contributed by atoms with Crippen LogP contribution < -0.4 is 21.7 Å². The number of anilines is 1. The van der Waals surface area contributed by atoms with E-state index in [4.69, 9.17) is 11.5 Å². The van der Waals surface area contributed by atoms with Crippen LogP contribution in [0.5, 0.6) is 0 Å². The Kier molecular flexibility index (Phi) is 12.3. The van der Waals surface area contributed by atoms with E-state index < -0.39 is 0 Å². The van der Waals surface area contributed by atoms with E-state index in [1.165, 1.54) is 35.2 Å². The number of rotatable bonds is 10. The van der Waals surface area contributed by atoms with Gasteiger partial charge in [-0.15, -0.1) is 0 Å². The quantitative estimate of drug-likeness (QED) is 0.518. The maximum absolute atomic E-state index is 6.15. The summed E-state index contributed by atoms with van der Waals surface area (Å²) in [5, 5.41) is 3.58. The van der Waals surface area contributed by atoms with Gasteiger partial charge < -0.3 is 21.7 Å². The van der Waals surface area contributed by atoms with Crippen molar-refractivity contribution < 1.29 is 0 Å². The van der Waals surface area contributed by atoms with Gasteiger partial charge in [0.25, 0.3) is 0 Å². The molecule has 0 fully saturated rings. The average molecular weight is 387 g/mol. The number of hydrogen-bond donors (Lipinski definition) is 3. The normalized spacial score (nSPS) is 13.7. The lowest BCUT2D eigenvalue weighted by molar-refractivity contribution is 0.625. The molecule has 0 amide bonds. The molecule has 1 aromatic rings. The van der Waals surface area contributed by atoms with Gasteiger partial charge in [0, 0.05) is 31.0 Å². The molecule has 0 radical (unpaired) electrons. The number of nitrogens with two attached hydrogens (primary N) is 2. The Labute approximate surface area is 173 Å². The summed E-state index contributed by atoms with van der Waals surface area (Å²) < 4.78 is 0. The first kappa shape index (κ1) is 24.3. The molecular weight excluding hydrogens is 344 g/mol. The molecule has 0 saturated heterocycles. The van der Waals surface area contributed by atoms with E-state index in [1.54, 1.807) is 0 Å². The van der Waals surface area contributed by atoms with Gasteiger partial charge in [0.15, 0.2) is 0 Å². The second-order valence-corrected chi connectivity index (χ2v) is 7.44. The van der Waals surface area contributed by atoms with E-state index in [1.807, 2.05) is 6.92 Å². The molecule has 158 valence electrons. The van der Waals surface area contributed by atoms with Crippen molar-refractivity contribution in [1.82, 2.24) is 5.32 Å². The molecule has 0 atom stereocenters. The zero-order valence-electron chi connectivity index (χ0n) is 18.4. The number of benzene rings is 1. The number of aryl methyl sites for hydroxylation is 1. The van der Waals surface area contributed by atoms with E-state index in [9.17, 15) is 0 Å². The Morgan fingerprint density at radius 3 is 2.46 bits per heavy atom. The largest absolute Gasteiger partial charge is 0.402 e. The Hall–Kier alpha value is -1.78. The zero-order chi connectivity index (χ0) is 20.8. The first-order valence-electron chi connectivity index (χ1n) is 10.9. The highest BCUT2D eigenvalue weighted by molar-refractivity contribution is 5.52. The van der Waals surface area contributed by atoms with Gasteiger partial charge in [0.2, 0.25) is 0 Å². The smallest absolute Gasteiger partial charge is 0.0396 e. The highest BCUT2D eigenvalue weighted by Gasteiger charge is 2.12. The van der Waals surface area contributed by atoms with Gasteiger partial charge in [-0.1, -0.05) is 37.3 Å². The third kappa shape index (κ3) is 8.49. The summed E-state index contributed by atoms with van der Waals surface area (Å²) in [5.74, 6) is 0. The van der Waals surface area contributed by atoms with Crippen molar-refractivity contribution in [3.8, 4) is 0 Å². The Morgan fingerprint density at radius 1 is 1.14 bits per heavy atom. The summed E-state index contributed by atoms with van der Waals surface area (Å²) in [4.78, 5) is 2.44. The van der Waals surface area contributed by atoms with E-state index in [0.717, 1.165) is 64.1 Å². The van der Waals surface area contributed by atoms with Crippen LogP contribution in [0.2, 0.25) is 0 Å². The Balaban J connectivity index is 0.00000122. The summed E-state index contributed by atoms with van der Waals surface area (Å²) in [6.45, 7) is 15.5. The number of para-hydroxylation sites is 1. The van der Waals surface area contributed by atoms with Crippen LogP contribution in [-0.2, 0) is 0 Å². The summed E-state index contributed by atoms with van der Waals surface area (Å²) in [6.07, 6.45) is 6.86. The van der Waals surface area contributed by atoms with Crippen LogP contribution in [0, 0.1) is 6.92 Å². The minimum atomic E-state index is 0.750. The van der Waals surface area contributed by atoms with Gasteiger partial charge in [-0.05, 0) is 82.7 Å². The minimum Gasteiger partial charge on any atom is -0.402 e. The molecule has 0 saturated carbocycles. The molecule has 0 aromatic heterocycles. The Bertz CT molecular complexity index is 606. The first-order chi connectivity index (χ1) is 13.5. The van der Waals surface area contributed by atoms with Crippen molar-refractivity contribution in [3.63, 3.8) is 0 Å². The summed E-state index contributed by atoms with van der Waals surface area (Å²) in [7, 11) is 0. The molecule has 0 heterocycles. The van der Waals surface area contributed by atoms with E-state index in [0.29, 0.717) is 0 Å². The number of hydrogen-bond acceptors (Lipinski definition) is 4. The van der Waals surface area contributed by atoms with E-state index >= 15 is 0 Å². The van der Waals surface area contributed by atoms with Gasteiger partial charge in [-0.25, -0.2) is 0 Å². The lowest BCUT2D eigenvalue weighted by Gasteiger charge is -2.25. The molecule has 0 unspecified atom stereocenters. The van der Waals surface area contributed by atoms with Gasteiger partial charge in [0.1, 0.15) is 0 Å². The molecule has 28 heavy (non-hydrogen) atoms. The molecule has 1 aliphatic rings. The molecular formula is C24H42N4. The summed E-state index contributed by atoms with van der Waals surface area (Å²) >= 11 is 0. The van der Waals surface area contributed by atoms with Gasteiger partial charge in [0.05, 0.1) is 0 Å². The number of nitrogens with zero attached hydrogens (tertiary/aromatic N) is 1. The SMILES string of the molecule is C=C(CCCNCCN(CC)c1ccccc1C)C1=C(N)CCCC1.CCN. The van der Waals surface area contributed by atoms with E-state index in [-0.39, 0.29) is 0 Å². The number of nitrogens with one attached hydrogen (secondary N) is 1. The maximum atomic E-state index is 6.15. The van der Waals surface area contributed by atoms with Crippen molar-refractivity contribution in [2.75, 3.05) is 37.6 Å². The van der Waals surface area contributed by atoms with Crippen molar-refractivity contribution in [3.05, 3.63) is 53.3 Å². The molecule has 0 spiro atoms. The Morgan fingerprint density at radius 2 is 1.82 bits per heavy atom. The van der Waals surface area contributed by atoms with Crippen molar-refractivity contribution in [1.29, 1.82) is 0 Å². The lowest BCUT2D eigenvalue weighted by atomic mass is 9.90. The van der Waals surface area contributed by atoms with Crippen LogP contribution in [-0.4, -0.2) is 32.7 Å².